The van der Waals surface area contributed by atoms with E-state index in [1.54, 1.807) is 12.1 Å². The lowest BCUT2D eigenvalue weighted by molar-refractivity contribution is -0.114. The van der Waals surface area contributed by atoms with E-state index < -0.39 is 12.1 Å². The molecule has 1 unspecified atom stereocenters. The van der Waals surface area contributed by atoms with Crippen LogP contribution < -0.4 is 15.4 Å². The molecule has 0 aliphatic carbocycles. The molecule has 0 saturated heterocycles. The number of para-hydroxylation sites is 1. The highest BCUT2D eigenvalue weighted by Gasteiger charge is 2.24. The van der Waals surface area contributed by atoms with Gasteiger partial charge in [-0.15, -0.1) is 0 Å². The summed E-state index contributed by atoms with van der Waals surface area (Å²) >= 11 is 0. The zero-order valence-electron chi connectivity index (χ0n) is 21.6. The number of amides is 2. The second-order valence-electron chi connectivity index (χ2n) is 9.24. The van der Waals surface area contributed by atoms with Crippen LogP contribution in [0.5, 0.6) is 5.75 Å². The molecule has 3 aromatic carbocycles. The fourth-order valence-electron chi connectivity index (χ4n) is 4.45. The lowest BCUT2D eigenvalue weighted by atomic mass is 9.98. The van der Waals surface area contributed by atoms with Gasteiger partial charge in [-0.2, -0.15) is 0 Å². The van der Waals surface area contributed by atoms with E-state index in [4.69, 9.17) is 4.74 Å². The van der Waals surface area contributed by atoms with Crippen molar-refractivity contribution in [2.24, 2.45) is 7.05 Å². The maximum Gasteiger partial charge on any atom is 0.257 e. The zero-order valence-corrected chi connectivity index (χ0v) is 21.6. The number of nitrogens with one attached hydrogen (secondary N) is 2. The highest BCUT2D eigenvalue weighted by molar-refractivity contribution is 5.98. The Balaban J connectivity index is 1.62. The summed E-state index contributed by atoms with van der Waals surface area (Å²) in [7, 11) is 1.97. The third-order valence-corrected chi connectivity index (χ3v) is 6.37. The van der Waals surface area contributed by atoms with Gasteiger partial charge in [0.2, 0.25) is 5.91 Å². The number of benzene rings is 3. The maximum absolute atomic E-state index is 13.4. The van der Waals surface area contributed by atoms with Crippen molar-refractivity contribution in [2.75, 3.05) is 11.9 Å². The van der Waals surface area contributed by atoms with Crippen LogP contribution in [-0.4, -0.2) is 34.3 Å². The van der Waals surface area contributed by atoms with E-state index in [9.17, 15) is 14.7 Å². The smallest absolute Gasteiger partial charge is 0.257 e. The molecule has 4 rings (SSSR count). The third kappa shape index (κ3) is 5.84. The summed E-state index contributed by atoms with van der Waals surface area (Å²) in [6, 6.07) is 20.8. The summed E-state index contributed by atoms with van der Waals surface area (Å²) < 4.78 is 7.88. The molecule has 0 aliphatic rings. The van der Waals surface area contributed by atoms with Crippen LogP contribution >= 0.6 is 0 Å². The SMILES string of the molecule is CCCOc1ccc(-c2cccc(NC(C)=O)c2)cc1C(=O)N[C@H](O)C(C)c1cn(C)c2ccccc12. The molecule has 7 heteroatoms. The van der Waals surface area contributed by atoms with Crippen LogP contribution in [0.1, 0.15) is 49.0 Å². The minimum Gasteiger partial charge on any atom is -0.493 e. The van der Waals surface area contributed by atoms with Crippen molar-refractivity contribution in [3.8, 4) is 16.9 Å². The second kappa shape index (κ2) is 11.3. The molecular formula is C30H33N3O4. The summed E-state index contributed by atoms with van der Waals surface area (Å²) in [5.41, 5.74) is 4.65. The number of rotatable bonds is 9. The first-order chi connectivity index (χ1) is 17.8. The maximum atomic E-state index is 13.4. The Bertz CT molecular complexity index is 1430. The normalized spacial score (nSPS) is 12.7. The Morgan fingerprint density at radius 2 is 1.78 bits per heavy atom. The number of ether oxygens (including phenoxy) is 1. The molecule has 192 valence electrons. The molecule has 1 heterocycles. The molecule has 0 aliphatic heterocycles. The zero-order chi connectivity index (χ0) is 26.5. The summed E-state index contributed by atoms with van der Waals surface area (Å²) in [5.74, 6) is -0.473. The molecule has 4 aromatic rings. The van der Waals surface area contributed by atoms with E-state index in [0.717, 1.165) is 34.0 Å². The first-order valence-electron chi connectivity index (χ1n) is 12.5. The van der Waals surface area contributed by atoms with Crippen molar-refractivity contribution >= 4 is 28.4 Å². The quantitative estimate of drug-likeness (QED) is 0.267. The molecule has 0 spiro atoms. The van der Waals surface area contributed by atoms with Crippen LogP contribution in [0.15, 0.2) is 72.9 Å². The first-order valence-corrected chi connectivity index (χ1v) is 12.5. The fraction of sp³-hybridized carbons (Fsp3) is 0.267. The van der Waals surface area contributed by atoms with Gasteiger partial charge in [0.25, 0.3) is 5.91 Å². The number of fused-ring (bicyclic) bond motifs is 1. The Morgan fingerprint density at radius 1 is 1.03 bits per heavy atom. The van der Waals surface area contributed by atoms with Gasteiger partial charge in [-0.25, -0.2) is 0 Å². The van der Waals surface area contributed by atoms with Crippen LogP contribution in [-0.2, 0) is 11.8 Å². The second-order valence-corrected chi connectivity index (χ2v) is 9.24. The highest BCUT2D eigenvalue weighted by atomic mass is 16.5. The molecule has 0 fully saturated rings. The van der Waals surface area contributed by atoms with Crippen molar-refractivity contribution in [3.63, 3.8) is 0 Å². The number of aromatic nitrogens is 1. The molecule has 0 radical (unpaired) electrons. The number of hydrogen-bond donors (Lipinski definition) is 3. The largest absolute Gasteiger partial charge is 0.493 e. The van der Waals surface area contributed by atoms with Crippen LogP contribution in [0.25, 0.3) is 22.0 Å². The third-order valence-electron chi connectivity index (χ3n) is 6.37. The monoisotopic (exact) mass is 499 g/mol. The molecule has 7 nitrogen and oxygen atoms in total. The molecule has 0 saturated carbocycles. The first kappa shape index (κ1) is 26.0. The summed E-state index contributed by atoms with van der Waals surface area (Å²) in [5, 5.41) is 17.6. The summed E-state index contributed by atoms with van der Waals surface area (Å²) in [4.78, 5) is 24.9. The lowest BCUT2D eigenvalue weighted by Crippen LogP contribution is -2.38. The van der Waals surface area contributed by atoms with Crippen LogP contribution in [0, 0.1) is 0 Å². The van der Waals surface area contributed by atoms with Crippen molar-refractivity contribution in [1.29, 1.82) is 0 Å². The van der Waals surface area contributed by atoms with E-state index in [0.29, 0.717) is 23.6 Å². The van der Waals surface area contributed by atoms with Crippen molar-refractivity contribution in [2.45, 2.75) is 39.3 Å². The number of anilines is 1. The predicted molar refractivity (Wildman–Crippen MR) is 147 cm³/mol. The van der Waals surface area contributed by atoms with Gasteiger partial charge in [-0.1, -0.05) is 50.2 Å². The molecule has 1 aromatic heterocycles. The number of aliphatic hydroxyl groups excluding tert-OH is 1. The Hall–Kier alpha value is -4.10. The van der Waals surface area contributed by atoms with Crippen molar-refractivity contribution < 1.29 is 19.4 Å². The van der Waals surface area contributed by atoms with E-state index >= 15 is 0 Å². The minimum atomic E-state index is -1.11. The number of nitrogens with zero attached hydrogens (tertiary/aromatic N) is 1. The average molecular weight is 500 g/mol. The van der Waals surface area contributed by atoms with Gasteiger partial charge in [-0.3, -0.25) is 9.59 Å². The lowest BCUT2D eigenvalue weighted by Gasteiger charge is -2.21. The van der Waals surface area contributed by atoms with Gasteiger partial charge in [0.15, 0.2) is 0 Å². The summed E-state index contributed by atoms with van der Waals surface area (Å²) in [6.45, 7) is 5.81. The number of carbonyl (C=O) groups is 2. The van der Waals surface area contributed by atoms with Crippen LogP contribution in [0.2, 0.25) is 0 Å². The minimum absolute atomic E-state index is 0.158. The Kier molecular flexibility index (Phi) is 7.94. The molecule has 3 N–H and O–H groups in total. The number of hydrogen-bond acceptors (Lipinski definition) is 4. The van der Waals surface area contributed by atoms with Gasteiger partial charge >= 0.3 is 0 Å². The molecule has 37 heavy (non-hydrogen) atoms. The van der Waals surface area contributed by atoms with Crippen LogP contribution in [0.4, 0.5) is 5.69 Å². The Morgan fingerprint density at radius 3 is 2.54 bits per heavy atom. The van der Waals surface area contributed by atoms with Crippen molar-refractivity contribution in [3.05, 3.63) is 84.1 Å². The van der Waals surface area contributed by atoms with Gasteiger partial charge in [0.05, 0.1) is 12.2 Å². The Labute approximate surface area is 217 Å². The molecule has 0 bridgehead atoms. The van der Waals surface area contributed by atoms with Gasteiger partial charge in [0, 0.05) is 42.7 Å². The molecule has 2 amide bonds. The van der Waals surface area contributed by atoms with Crippen LogP contribution in [0.3, 0.4) is 0 Å². The van der Waals surface area contributed by atoms with Gasteiger partial charge in [-0.05, 0) is 53.4 Å². The van der Waals surface area contributed by atoms with Gasteiger partial charge < -0.3 is 25.0 Å². The van der Waals surface area contributed by atoms with E-state index in [2.05, 4.69) is 10.6 Å². The number of aliphatic hydroxyl groups is 1. The predicted octanol–water partition coefficient (Wildman–Crippen LogP) is 5.44. The highest BCUT2D eigenvalue weighted by Crippen LogP contribution is 2.31. The molecule has 2 atom stereocenters. The van der Waals surface area contributed by atoms with Gasteiger partial charge in [0.1, 0.15) is 12.0 Å². The molecular weight excluding hydrogens is 466 g/mol. The van der Waals surface area contributed by atoms with E-state index in [1.165, 1.54) is 6.92 Å². The summed E-state index contributed by atoms with van der Waals surface area (Å²) in [6.07, 6.45) is 1.68. The number of aryl methyl sites for hydroxylation is 1. The topological polar surface area (TPSA) is 92.6 Å². The van der Waals surface area contributed by atoms with Crippen molar-refractivity contribution in [1.82, 2.24) is 9.88 Å². The van der Waals surface area contributed by atoms with E-state index in [-0.39, 0.29) is 11.8 Å². The standard InChI is InChI=1S/C30H33N3O4/c1-5-15-37-28-14-13-22(21-9-8-10-23(16-21)31-20(3)34)17-25(28)30(36)32-29(35)19(2)26-18-33(4)27-12-7-6-11-24(26)27/h6-14,16-19,29,35H,5,15H2,1-4H3,(H,31,34)(H,32,36)/t19?,29-/m1/s1. The average Bonchev–Trinajstić information content (AvgIpc) is 3.23. The van der Waals surface area contributed by atoms with E-state index in [1.807, 2.05) is 86.3 Å². The number of carbonyl (C=O) groups excluding carboxylic acids is 2. The fourth-order valence-corrected chi connectivity index (χ4v) is 4.45.